The number of carbonyl (C=O) groups is 1. The van der Waals surface area contributed by atoms with Gasteiger partial charge in [0.05, 0.1) is 48.6 Å². The maximum atomic E-state index is 14.6. The van der Waals surface area contributed by atoms with Crippen LogP contribution in [-0.4, -0.2) is 125 Å². The van der Waals surface area contributed by atoms with Gasteiger partial charge in [-0.2, -0.15) is 15.2 Å². The number of alkyl halides is 1. The molecule has 0 saturated carbocycles. The van der Waals surface area contributed by atoms with Gasteiger partial charge in [-0.1, -0.05) is 29.8 Å². The number of nitriles is 1. The summed E-state index contributed by atoms with van der Waals surface area (Å²) >= 11 is 6.71. The molecule has 0 unspecified atom stereocenters. The van der Waals surface area contributed by atoms with Gasteiger partial charge in [-0.05, 0) is 38.3 Å². The number of hydrogen-bond donors (Lipinski definition) is 0. The number of aromatic nitrogens is 3. The molecule has 3 aromatic rings. The number of fused-ring (bicyclic) bond motifs is 3. The molecular formula is C40H48ClFN8O4. The van der Waals surface area contributed by atoms with E-state index in [1.54, 1.807) is 19.4 Å². The highest BCUT2D eigenvalue weighted by Gasteiger charge is 2.49. The first kappa shape index (κ1) is 37.0. The van der Waals surface area contributed by atoms with E-state index in [0.717, 1.165) is 72.9 Å². The second kappa shape index (κ2) is 16.0. The van der Waals surface area contributed by atoms with Gasteiger partial charge in [-0.25, -0.2) is 4.39 Å². The van der Waals surface area contributed by atoms with Crippen LogP contribution in [-0.2, 0) is 27.3 Å². The van der Waals surface area contributed by atoms with Gasteiger partial charge in [0, 0.05) is 111 Å². The molecule has 5 aliphatic rings. The Hall–Kier alpha value is -3.93. The van der Waals surface area contributed by atoms with E-state index < -0.39 is 6.17 Å². The molecule has 1 amide bonds. The summed E-state index contributed by atoms with van der Waals surface area (Å²) in [5.41, 5.74) is 2.20. The summed E-state index contributed by atoms with van der Waals surface area (Å²) in [4.78, 5) is 36.5. The summed E-state index contributed by atoms with van der Waals surface area (Å²) in [7, 11) is 1.76. The molecule has 4 saturated heterocycles. The zero-order valence-corrected chi connectivity index (χ0v) is 31.6. The van der Waals surface area contributed by atoms with Crippen molar-refractivity contribution >= 4 is 34.1 Å². The Morgan fingerprint density at radius 1 is 1.17 bits per heavy atom. The van der Waals surface area contributed by atoms with Crippen LogP contribution in [0.15, 0.2) is 42.7 Å². The van der Waals surface area contributed by atoms with Crippen LogP contribution in [0.4, 0.5) is 10.2 Å². The first-order chi connectivity index (χ1) is 26.3. The first-order valence-corrected chi connectivity index (χ1v) is 19.6. The standard InChI is InChI=1S/C40H48ClFN8O4/c1-52-30-9-15-47(16-10-30)13-3-7-36(51)50-18-17-48(24-29(50)8-12-43)38-32-25-53-35(31-22-44-21-27-5-2-6-33(41)37(27)31)19-34(32)45-39(46-38)54-26-40-11-4-14-49(40)23-28(42)20-40/h2-3,5-7,21-22,28-30,35H,4,8-11,13-20,23-26H2,1H3/b7-3+/t28-,29+,35+,40+/m1/s1. The van der Waals surface area contributed by atoms with Gasteiger partial charge in [0.15, 0.2) is 0 Å². The number of anilines is 1. The van der Waals surface area contributed by atoms with Gasteiger partial charge in [-0.3, -0.25) is 19.6 Å². The van der Waals surface area contributed by atoms with E-state index >= 15 is 0 Å². The van der Waals surface area contributed by atoms with Crippen molar-refractivity contribution in [1.29, 1.82) is 5.26 Å². The van der Waals surface area contributed by atoms with Crippen molar-refractivity contribution in [2.45, 2.75) is 81.5 Å². The lowest BCUT2D eigenvalue weighted by molar-refractivity contribution is -0.128. The van der Waals surface area contributed by atoms with Gasteiger partial charge in [0.1, 0.15) is 18.6 Å². The molecule has 1 aromatic carbocycles. The molecule has 5 aliphatic heterocycles. The zero-order chi connectivity index (χ0) is 37.2. The number of carbonyl (C=O) groups excluding carboxylic acids is 1. The Morgan fingerprint density at radius 2 is 2.04 bits per heavy atom. The average molecular weight is 759 g/mol. The summed E-state index contributed by atoms with van der Waals surface area (Å²) in [6, 6.07) is 7.99. The van der Waals surface area contributed by atoms with Crippen LogP contribution in [0.1, 0.15) is 61.4 Å². The SMILES string of the molecule is COC1CCN(C/C=C/C(=O)N2CCN(c3nc(OC[C@@]45CCCN4C[C@H](F)C5)nc4c3CO[C@H](c3cncc5cccc(Cl)c35)C4)C[C@@H]2CC#N)CC1. The molecule has 4 atom stereocenters. The zero-order valence-electron chi connectivity index (χ0n) is 30.8. The Morgan fingerprint density at radius 3 is 2.87 bits per heavy atom. The van der Waals surface area contributed by atoms with Crippen LogP contribution in [0.3, 0.4) is 0 Å². The lowest BCUT2D eigenvalue weighted by atomic mass is 9.95. The molecular weight excluding hydrogens is 711 g/mol. The fourth-order valence-corrected chi connectivity index (χ4v) is 9.50. The minimum atomic E-state index is -0.868. The molecule has 0 spiro atoms. The summed E-state index contributed by atoms with van der Waals surface area (Å²) < 4.78 is 33.1. The van der Waals surface area contributed by atoms with Gasteiger partial charge in [0.25, 0.3) is 0 Å². The number of nitrogens with zero attached hydrogens (tertiary/aromatic N) is 8. The van der Waals surface area contributed by atoms with Crippen molar-refractivity contribution in [3.05, 3.63) is 64.6 Å². The van der Waals surface area contributed by atoms with Crippen molar-refractivity contribution in [2.75, 3.05) is 71.0 Å². The van der Waals surface area contributed by atoms with Crippen molar-refractivity contribution in [2.24, 2.45) is 0 Å². The third kappa shape index (κ3) is 7.51. The monoisotopic (exact) mass is 758 g/mol. The number of methoxy groups -OCH3 is 1. The Labute approximate surface area is 320 Å². The van der Waals surface area contributed by atoms with E-state index in [1.165, 1.54) is 0 Å². The number of rotatable bonds is 10. The summed E-state index contributed by atoms with van der Waals surface area (Å²) in [5.74, 6) is 0.593. The number of ether oxygens (including phenoxy) is 3. The number of halogens is 2. The fraction of sp³-hybridized carbons (Fsp3) is 0.575. The molecule has 0 radical (unpaired) electrons. The summed E-state index contributed by atoms with van der Waals surface area (Å²) in [6.45, 7) is 5.82. The molecule has 54 heavy (non-hydrogen) atoms. The average Bonchev–Trinajstić information content (AvgIpc) is 3.72. The van der Waals surface area contributed by atoms with Gasteiger partial charge < -0.3 is 24.0 Å². The minimum absolute atomic E-state index is 0.0907. The van der Waals surface area contributed by atoms with E-state index in [1.807, 2.05) is 35.4 Å². The third-order valence-electron chi connectivity index (χ3n) is 12.1. The van der Waals surface area contributed by atoms with Crippen LogP contribution in [0.2, 0.25) is 5.02 Å². The quantitative estimate of drug-likeness (QED) is 0.259. The van der Waals surface area contributed by atoms with Gasteiger partial charge in [-0.15, -0.1) is 0 Å². The van der Waals surface area contributed by atoms with E-state index in [0.29, 0.717) is 69.1 Å². The molecule has 7 heterocycles. The van der Waals surface area contributed by atoms with E-state index in [9.17, 15) is 14.4 Å². The predicted molar refractivity (Wildman–Crippen MR) is 202 cm³/mol. The Kier molecular flexibility index (Phi) is 11.0. The number of benzene rings is 1. The first-order valence-electron chi connectivity index (χ1n) is 19.2. The molecule has 286 valence electrons. The lowest BCUT2D eigenvalue weighted by Gasteiger charge is -2.42. The second-order valence-corrected chi connectivity index (χ2v) is 15.7. The number of hydrogen-bond acceptors (Lipinski definition) is 11. The number of likely N-dealkylation sites (tertiary alicyclic amines) is 1. The predicted octanol–water partition coefficient (Wildman–Crippen LogP) is 5.05. The number of piperidine rings is 1. The van der Waals surface area contributed by atoms with E-state index in [4.69, 9.17) is 35.8 Å². The lowest BCUT2D eigenvalue weighted by Crippen LogP contribution is -2.55. The number of piperazine rings is 1. The Bertz CT molecular complexity index is 1920. The highest BCUT2D eigenvalue weighted by Crippen LogP contribution is 2.42. The van der Waals surface area contributed by atoms with Gasteiger partial charge in [0.2, 0.25) is 5.91 Å². The van der Waals surface area contributed by atoms with Crippen LogP contribution in [0.25, 0.3) is 10.8 Å². The normalized spacial score (nSPS) is 26.7. The molecule has 8 rings (SSSR count). The minimum Gasteiger partial charge on any atom is -0.461 e. The van der Waals surface area contributed by atoms with Gasteiger partial charge >= 0.3 is 6.01 Å². The van der Waals surface area contributed by atoms with Crippen LogP contribution < -0.4 is 9.64 Å². The fourth-order valence-electron chi connectivity index (χ4n) is 9.21. The topological polar surface area (TPSA) is 120 Å². The number of amides is 1. The molecule has 0 N–H and O–H groups in total. The summed E-state index contributed by atoms with van der Waals surface area (Å²) in [5, 5.41) is 12.3. The second-order valence-electron chi connectivity index (χ2n) is 15.3. The van der Waals surface area contributed by atoms with Crippen LogP contribution in [0.5, 0.6) is 6.01 Å². The van der Waals surface area contributed by atoms with E-state index in [2.05, 4.69) is 25.8 Å². The maximum Gasteiger partial charge on any atom is 0.318 e. The number of pyridine rings is 1. The molecule has 0 bridgehead atoms. The van der Waals surface area contributed by atoms with Crippen molar-refractivity contribution in [3.8, 4) is 12.1 Å². The molecule has 0 aliphatic carbocycles. The van der Waals surface area contributed by atoms with Crippen molar-refractivity contribution < 1.29 is 23.4 Å². The van der Waals surface area contributed by atoms with Crippen LogP contribution >= 0.6 is 11.6 Å². The van der Waals surface area contributed by atoms with Crippen LogP contribution in [0, 0.1) is 11.3 Å². The smallest absolute Gasteiger partial charge is 0.318 e. The maximum absolute atomic E-state index is 14.6. The molecule has 12 nitrogen and oxygen atoms in total. The van der Waals surface area contributed by atoms with Crippen molar-refractivity contribution in [1.82, 2.24) is 29.7 Å². The molecule has 2 aromatic heterocycles. The van der Waals surface area contributed by atoms with Crippen molar-refractivity contribution in [3.63, 3.8) is 0 Å². The largest absolute Gasteiger partial charge is 0.461 e. The highest BCUT2D eigenvalue weighted by molar-refractivity contribution is 6.35. The third-order valence-corrected chi connectivity index (χ3v) is 12.4. The molecule has 14 heteroatoms. The molecule has 4 fully saturated rings. The Balaban J connectivity index is 1.04. The van der Waals surface area contributed by atoms with E-state index in [-0.39, 0.29) is 42.6 Å². The highest BCUT2D eigenvalue weighted by atomic mass is 35.5. The summed E-state index contributed by atoms with van der Waals surface area (Å²) in [6.07, 6.45) is 11.2.